The molecule has 0 aliphatic heterocycles. The molecule has 1 rings (SSSR count). The van der Waals surface area contributed by atoms with Crippen molar-refractivity contribution in [1.29, 1.82) is 0 Å². The highest BCUT2D eigenvalue weighted by Gasteiger charge is 1.81. The third kappa shape index (κ3) is 0.586. The summed E-state index contributed by atoms with van der Waals surface area (Å²) in [5.41, 5.74) is 8.28. The van der Waals surface area contributed by atoms with Crippen LogP contribution in [0.15, 0.2) is 16.9 Å². The number of H-pyrrole nitrogens is 1. The van der Waals surface area contributed by atoms with Crippen LogP contribution < -0.4 is 5.49 Å². The maximum Gasteiger partial charge on any atom is 0.394 e. The largest absolute Gasteiger partial charge is 0.497 e. The molecule has 0 radical (unpaired) electrons. The lowest BCUT2D eigenvalue weighted by Gasteiger charge is -1.51. The molecule has 0 saturated carbocycles. The second kappa shape index (κ2) is 1.45. The van der Waals surface area contributed by atoms with Crippen LogP contribution in [0.4, 0.5) is 0 Å². The monoisotopic (exact) mass is 97.0 g/mol. The number of rotatable bonds is 0. The van der Waals surface area contributed by atoms with E-state index in [-0.39, 0.29) is 0 Å². The van der Waals surface area contributed by atoms with Gasteiger partial charge in [-0.2, -0.15) is 0 Å². The predicted molar refractivity (Wildman–Crippen MR) is 19.8 cm³/mol. The van der Waals surface area contributed by atoms with Crippen LogP contribution in [0.3, 0.4) is 0 Å². The molecule has 0 spiro atoms. The van der Waals surface area contributed by atoms with E-state index in [4.69, 9.17) is 5.53 Å². The molecule has 1 heterocycles. The van der Waals surface area contributed by atoms with Crippen LogP contribution in [0.5, 0.6) is 0 Å². The fraction of sp³-hybridized carbons (Fsp3) is 0. The average Bonchev–Trinajstić information content (AvgIpc) is 2.14. The summed E-state index contributed by atoms with van der Waals surface area (Å²) < 4.78 is 4.43. The van der Waals surface area contributed by atoms with Gasteiger partial charge in [0.25, 0.3) is 0 Å². The van der Waals surface area contributed by atoms with E-state index in [1.165, 1.54) is 12.3 Å². The minimum Gasteiger partial charge on any atom is -0.497 e. The van der Waals surface area contributed by atoms with Gasteiger partial charge in [0.1, 0.15) is 0 Å². The van der Waals surface area contributed by atoms with Crippen molar-refractivity contribution >= 4 is 0 Å². The highest BCUT2D eigenvalue weighted by atomic mass is 16.5. The first-order valence-corrected chi connectivity index (χ1v) is 1.74. The molecule has 7 heavy (non-hydrogen) atoms. The van der Waals surface area contributed by atoms with Gasteiger partial charge in [0, 0.05) is 0 Å². The van der Waals surface area contributed by atoms with E-state index in [2.05, 4.69) is 14.5 Å². The van der Waals surface area contributed by atoms with Crippen molar-refractivity contribution < 1.29 is 9.31 Å². The molecular weight excluding hydrogens is 94.1 g/mol. The van der Waals surface area contributed by atoms with Gasteiger partial charge < -0.3 is 14.8 Å². The topological polar surface area (TPSA) is 65.3 Å². The Morgan fingerprint density at radius 2 is 2.71 bits per heavy atom. The molecule has 0 bridgehead atoms. The summed E-state index contributed by atoms with van der Waals surface area (Å²) in [6.07, 6.45) is 1.38. The van der Waals surface area contributed by atoms with Gasteiger partial charge >= 0.3 is 5.49 Å². The van der Waals surface area contributed by atoms with E-state index in [1.54, 1.807) is 0 Å². The molecule has 0 unspecified atom stereocenters. The number of nitrogens with zero attached hydrogens (tertiary/aromatic N) is 2. The third-order valence-corrected chi connectivity index (χ3v) is 0.565. The van der Waals surface area contributed by atoms with Gasteiger partial charge in [0.05, 0.1) is 6.07 Å². The Morgan fingerprint density at radius 3 is 3.00 bits per heavy atom. The molecule has 0 saturated heterocycles. The number of hydrogen-bond acceptors (Lipinski definition) is 1. The summed E-state index contributed by atoms with van der Waals surface area (Å²) in [6, 6.07) is 1.50. The third-order valence-electron chi connectivity index (χ3n) is 0.565. The summed E-state index contributed by atoms with van der Waals surface area (Å²) in [5.74, 6) is 0. The Morgan fingerprint density at radius 1 is 1.86 bits per heavy atom. The van der Waals surface area contributed by atoms with Gasteiger partial charge in [-0.1, -0.05) is 5.16 Å². The van der Waals surface area contributed by atoms with Crippen molar-refractivity contribution in [3.8, 4) is 0 Å². The lowest BCUT2D eigenvalue weighted by molar-refractivity contribution is -0.0756. The van der Waals surface area contributed by atoms with Gasteiger partial charge in [0.2, 0.25) is 0 Å². The molecule has 1 N–H and O–H groups in total. The fourth-order valence-electron chi connectivity index (χ4n) is 0.281. The Labute approximate surface area is 39.0 Å². The van der Waals surface area contributed by atoms with Crippen molar-refractivity contribution in [3.63, 3.8) is 0 Å². The zero-order chi connectivity index (χ0) is 5.11. The van der Waals surface area contributed by atoms with E-state index in [0.29, 0.717) is 5.49 Å². The molecule has 0 aliphatic rings. The molecule has 0 atom stereocenters. The number of hydrogen-bond donors (Lipinski definition) is 1. The van der Waals surface area contributed by atoms with Crippen molar-refractivity contribution in [2.75, 3.05) is 0 Å². The zero-order valence-corrected chi connectivity index (χ0v) is 3.46. The number of aromatic amines is 1. The van der Waals surface area contributed by atoms with E-state index in [0.717, 1.165) is 0 Å². The quantitative estimate of drug-likeness (QED) is 0.351. The molecule has 36 valence electrons. The first kappa shape index (κ1) is 3.89. The molecule has 1 aromatic heterocycles. The van der Waals surface area contributed by atoms with Crippen LogP contribution in [0.1, 0.15) is 0 Å². The summed E-state index contributed by atoms with van der Waals surface area (Å²) in [6.45, 7) is 0. The minimum absolute atomic E-state index is 0.319. The predicted octanol–water partition coefficient (Wildman–Crippen LogP) is -0.262. The number of aromatic nitrogens is 1. The Kier molecular flexibility index (Phi) is 0.805. The summed E-state index contributed by atoms with van der Waals surface area (Å²) >= 11 is 0. The maximum atomic E-state index is 7.96. The van der Waals surface area contributed by atoms with Crippen molar-refractivity contribution in [2.45, 2.75) is 0 Å². The second-order valence-corrected chi connectivity index (χ2v) is 1.01. The van der Waals surface area contributed by atoms with Crippen LogP contribution in [-0.4, -0.2) is 9.95 Å². The fourth-order valence-corrected chi connectivity index (χ4v) is 0.281. The molecular formula is C3H3N3O. The standard InChI is InChI=1S/C3H3N3O/c4-5-3-1-2-7-6-3/h1-2,6H. The van der Waals surface area contributed by atoms with Gasteiger partial charge in [-0.05, 0) is 0 Å². The summed E-state index contributed by atoms with van der Waals surface area (Å²) in [4.78, 5) is 2.78. The van der Waals surface area contributed by atoms with E-state index in [1.807, 2.05) is 0 Å². The van der Waals surface area contributed by atoms with Crippen molar-refractivity contribution in [1.82, 2.24) is 5.16 Å². The second-order valence-electron chi connectivity index (χ2n) is 1.01. The summed E-state index contributed by atoms with van der Waals surface area (Å²) in [7, 11) is 0. The van der Waals surface area contributed by atoms with Crippen molar-refractivity contribution in [3.05, 3.63) is 23.3 Å². The smallest absolute Gasteiger partial charge is 0.394 e. The van der Waals surface area contributed by atoms with E-state index >= 15 is 0 Å². The SMILES string of the molecule is [N-]=[N+]=c1cco[nH]1. The Hall–Kier alpha value is -1.28. The lowest BCUT2D eigenvalue weighted by atomic mass is 10.7. The molecule has 1 aromatic rings. The first-order chi connectivity index (χ1) is 3.43. The van der Waals surface area contributed by atoms with Crippen LogP contribution in [0, 0.1) is 0 Å². The molecule has 4 heteroatoms. The van der Waals surface area contributed by atoms with Crippen LogP contribution in [0.25, 0.3) is 5.53 Å². The van der Waals surface area contributed by atoms with Gasteiger partial charge in [0.15, 0.2) is 6.26 Å². The van der Waals surface area contributed by atoms with E-state index < -0.39 is 0 Å². The minimum atomic E-state index is 0.319. The summed E-state index contributed by atoms with van der Waals surface area (Å²) in [5, 5.41) is 2.30. The lowest BCUT2D eigenvalue weighted by Crippen LogP contribution is -1.98. The van der Waals surface area contributed by atoms with Crippen LogP contribution in [0.2, 0.25) is 0 Å². The van der Waals surface area contributed by atoms with Crippen molar-refractivity contribution in [2.24, 2.45) is 0 Å². The molecule has 0 aliphatic carbocycles. The average molecular weight is 97.1 g/mol. The normalized spacial score (nSPS) is 8.00. The maximum absolute atomic E-state index is 7.96. The molecule has 0 amide bonds. The van der Waals surface area contributed by atoms with Gasteiger partial charge in [-0.3, -0.25) is 0 Å². The Bertz CT molecular complexity index is 199. The van der Waals surface area contributed by atoms with Crippen LogP contribution in [-0.2, 0) is 0 Å². The molecule has 4 nitrogen and oxygen atoms in total. The highest BCUT2D eigenvalue weighted by molar-refractivity contribution is 4.65. The first-order valence-electron chi connectivity index (χ1n) is 1.74. The van der Waals surface area contributed by atoms with Crippen LogP contribution >= 0.6 is 0 Å². The van der Waals surface area contributed by atoms with Gasteiger partial charge in [-0.15, -0.1) is 0 Å². The number of nitrogens with one attached hydrogen (secondary N) is 1. The highest BCUT2D eigenvalue weighted by Crippen LogP contribution is 1.62. The Balaban J connectivity index is 3.50. The molecule has 0 aromatic carbocycles. The van der Waals surface area contributed by atoms with Gasteiger partial charge in [-0.25, -0.2) is 0 Å². The molecule has 0 fully saturated rings. The zero-order valence-electron chi connectivity index (χ0n) is 3.46. The van der Waals surface area contributed by atoms with E-state index in [9.17, 15) is 0 Å².